The van der Waals surface area contributed by atoms with Crippen LogP contribution < -0.4 is 10.5 Å². The van der Waals surface area contributed by atoms with E-state index in [1.807, 2.05) is 43.7 Å². The van der Waals surface area contributed by atoms with Crippen LogP contribution in [0.1, 0.15) is 40.3 Å². The second-order valence-electron chi connectivity index (χ2n) is 6.69. The van der Waals surface area contributed by atoms with Gasteiger partial charge in [0.2, 0.25) is 10.0 Å². The molecule has 1 heterocycles. The van der Waals surface area contributed by atoms with Crippen molar-refractivity contribution in [1.82, 2.24) is 15.1 Å². The Bertz CT molecular complexity index is 1100. The average Bonchev–Trinajstić information content (AvgIpc) is 2.99. The summed E-state index contributed by atoms with van der Waals surface area (Å²) in [5.74, 6) is -0.219. The predicted octanol–water partition coefficient (Wildman–Crippen LogP) is 2.63. The fourth-order valence-corrected chi connectivity index (χ4v) is 3.47. The summed E-state index contributed by atoms with van der Waals surface area (Å²) in [6.45, 7) is 5.74. The first-order valence-corrected chi connectivity index (χ1v) is 10.3. The molecule has 2 aromatic carbocycles. The summed E-state index contributed by atoms with van der Waals surface area (Å²) in [7, 11) is -3.73. The van der Waals surface area contributed by atoms with Crippen molar-refractivity contribution in [2.75, 3.05) is 0 Å². The predicted molar refractivity (Wildman–Crippen MR) is 107 cm³/mol. The summed E-state index contributed by atoms with van der Waals surface area (Å²) < 4.78 is 24.5. The van der Waals surface area contributed by atoms with Gasteiger partial charge in [-0.05, 0) is 68.8 Å². The lowest BCUT2D eigenvalue weighted by Crippen LogP contribution is -2.26. The Morgan fingerprint density at radius 1 is 1.07 bits per heavy atom. The van der Waals surface area contributed by atoms with E-state index in [4.69, 9.17) is 5.14 Å². The standard InChI is InChI=1S/C20H22N4O3S/c1-13-12-14(2)24(23-13)18-8-4-17(5-9-18)20(25)22-15(3)16-6-10-19(11-7-16)28(21,26)27/h4-12,15H,1-3H3,(H,22,25)(H2,21,26,27)/t15-/m0/s1. The molecule has 0 unspecified atom stereocenters. The maximum atomic E-state index is 12.5. The Hall–Kier alpha value is -2.97. The maximum absolute atomic E-state index is 12.5. The van der Waals surface area contributed by atoms with Gasteiger partial charge in [-0.2, -0.15) is 5.10 Å². The highest BCUT2D eigenvalue weighted by molar-refractivity contribution is 7.89. The lowest BCUT2D eigenvalue weighted by atomic mass is 10.1. The van der Waals surface area contributed by atoms with Gasteiger partial charge >= 0.3 is 0 Å². The topological polar surface area (TPSA) is 107 Å². The number of nitrogens with two attached hydrogens (primary N) is 1. The van der Waals surface area contributed by atoms with Crippen molar-refractivity contribution in [3.8, 4) is 5.69 Å². The van der Waals surface area contributed by atoms with E-state index in [1.165, 1.54) is 12.1 Å². The van der Waals surface area contributed by atoms with Crippen LogP contribution in [0, 0.1) is 13.8 Å². The first-order chi connectivity index (χ1) is 13.1. The van der Waals surface area contributed by atoms with E-state index >= 15 is 0 Å². The van der Waals surface area contributed by atoms with E-state index in [-0.39, 0.29) is 16.8 Å². The lowest BCUT2D eigenvalue weighted by Gasteiger charge is -2.15. The third kappa shape index (κ3) is 4.29. The van der Waals surface area contributed by atoms with Crippen LogP contribution >= 0.6 is 0 Å². The molecule has 7 nitrogen and oxygen atoms in total. The van der Waals surface area contributed by atoms with Gasteiger partial charge in [0, 0.05) is 11.3 Å². The van der Waals surface area contributed by atoms with Gasteiger partial charge in [0.1, 0.15) is 0 Å². The number of nitrogens with one attached hydrogen (secondary N) is 1. The van der Waals surface area contributed by atoms with Gasteiger partial charge in [-0.3, -0.25) is 4.79 Å². The van der Waals surface area contributed by atoms with Crippen molar-refractivity contribution in [2.45, 2.75) is 31.7 Å². The van der Waals surface area contributed by atoms with Crippen LogP contribution in [0.4, 0.5) is 0 Å². The fourth-order valence-electron chi connectivity index (χ4n) is 2.95. The summed E-state index contributed by atoms with van der Waals surface area (Å²) in [6.07, 6.45) is 0. The van der Waals surface area contributed by atoms with E-state index in [2.05, 4.69) is 10.4 Å². The van der Waals surface area contributed by atoms with Crippen molar-refractivity contribution in [3.63, 3.8) is 0 Å². The zero-order valence-corrected chi connectivity index (χ0v) is 16.7. The van der Waals surface area contributed by atoms with Crippen molar-refractivity contribution in [1.29, 1.82) is 0 Å². The van der Waals surface area contributed by atoms with Crippen molar-refractivity contribution >= 4 is 15.9 Å². The lowest BCUT2D eigenvalue weighted by molar-refractivity contribution is 0.0940. The Balaban J connectivity index is 1.71. The van der Waals surface area contributed by atoms with Crippen LogP contribution in [-0.4, -0.2) is 24.1 Å². The minimum atomic E-state index is -3.73. The zero-order valence-electron chi connectivity index (χ0n) is 15.9. The van der Waals surface area contributed by atoms with Gasteiger partial charge in [0.05, 0.1) is 22.3 Å². The molecule has 28 heavy (non-hydrogen) atoms. The normalized spacial score (nSPS) is 12.6. The molecule has 0 saturated heterocycles. The van der Waals surface area contributed by atoms with E-state index in [0.29, 0.717) is 5.56 Å². The van der Waals surface area contributed by atoms with E-state index in [1.54, 1.807) is 24.3 Å². The molecule has 0 bridgehead atoms. The molecule has 146 valence electrons. The molecular weight excluding hydrogens is 376 g/mol. The van der Waals surface area contributed by atoms with Gasteiger partial charge in [0.15, 0.2) is 0 Å². The molecule has 3 N–H and O–H groups in total. The molecule has 1 atom stereocenters. The molecule has 0 spiro atoms. The van der Waals surface area contributed by atoms with Crippen LogP contribution in [0.2, 0.25) is 0 Å². The smallest absolute Gasteiger partial charge is 0.251 e. The number of aromatic nitrogens is 2. The molecule has 0 aliphatic rings. The highest BCUT2D eigenvalue weighted by Crippen LogP contribution is 2.17. The van der Waals surface area contributed by atoms with Crippen LogP contribution in [-0.2, 0) is 10.0 Å². The highest BCUT2D eigenvalue weighted by atomic mass is 32.2. The van der Waals surface area contributed by atoms with E-state index < -0.39 is 10.0 Å². The monoisotopic (exact) mass is 398 g/mol. The van der Waals surface area contributed by atoms with E-state index in [9.17, 15) is 13.2 Å². The SMILES string of the molecule is Cc1cc(C)n(-c2ccc(C(=O)N[C@@H](C)c3ccc(S(N)(=O)=O)cc3)cc2)n1. The number of sulfonamides is 1. The Labute approximate surface area is 164 Å². The summed E-state index contributed by atoms with van der Waals surface area (Å²) in [6, 6.07) is 15.0. The highest BCUT2D eigenvalue weighted by Gasteiger charge is 2.14. The molecule has 1 aromatic heterocycles. The molecule has 0 fully saturated rings. The molecule has 0 aliphatic carbocycles. The molecule has 1 amide bonds. The molecule has 3 aromatic rings. The fraction of sp³-hybridized carbons (Fsp3) is 0.200. The van der Waals surface area contributed by atoms with Crippen molar-refractivity contribution in [2.24, 2.45) is 5.14 Å². The number of aryl methyl sites for hydroxylation is 2. The van der Waals surface area contributed by atoms with Crippen LogP contribution in [0.3, 0.4) is 0 Å². The van der Waals surface area contributed by atoms with Gasteiger partial charge in [-0.15, -0.1) is 0 Å². The van der Waals surface area contributed by atoms with Gasteiger partial charge in [-0.1, -0.05) is 12.1 Å². The number of carbonyl (C=O) groups is 1. The average molecular weight is 398 g/mol. The number of primary sulfonamides is 1. The number of rotatable bonds is 5. The maximum Gasteiger partial charge on any atom is 0.251 e. The number of hydrogen-bond donors (Lipinski definition) is 2. The Kier molecular flexibility index (Phi) is 5.35. The second kappa shape index (κ2) is 7.57. The van der Waals surface area contributed by atoms with Gasteiger partial charge in [0.25, 0.3) is 5.91 Å². The first-order valence-electron chi connectivity index (χ1n) is 8.72. The number of amides is 1. The molecular formula is C20H22N4O3S. The second-order valence-corrected chi connectivity index (χ2v) is 8.26. The molecule has 0 radical (unpaired) electrons. The van der Waals surface area contributed by atoms with Gasteiger partial charge < -0.3 is 5.32 Å². The van der Waals surface area contributed by atoms with Crippen LogP contribution in [0.5, 0.6) is 0 Å². The molecule has 3 rings (SSSR count). The summed E-state index contributed by atoms with van der Waals surface area (Å²) >= 11 is 0. The van der Waals surface area contributed by atoms with Crippen LogP contribution in [0.15, 0.2) is 59.5 Å². The molecule has 8 heteroatoms. The largest absolute Gasteiger partial charge is 0.346 e. The van der Waals surface area contributed by atoms with Crippen molar-refractivity contribution in [3.05, 3.63) is 77.1 Å². The third-order valence-electron chi connectivity index (χ3n) is 4.44. The third-order valence-corrected chi connectivity index (χ3v) is 5.37. The zero-order chi connectivity index (χ0) is 20.5. The van der Waals surface area contributed by atoms with Gasteiger partial charge in [-0.25, -0.2) is 18.2 Å². The molecule has 0 saturated carbocycles. The van der Waals surface area contributed by atoms with E-state index in [0.717, 1.165) is 22.6 Å². The minimum Gasteiger partial charge on any atom is -0.346 e. The van der Waals surface area contributed by atoms with Crippen LogP contribution in [0.25, 0.3) is 5.69 Å². The Morgan fingerprint density at radius 3 is 2.18 bits per heavy atom. The summed E-state index contributed by atoms with van der Waals surface area (Å²) in [5, 5.41) is 12.4. The van der Waals surface area contributed by atoms with Crippen molar-refractivity contribution < 1.29 is 13.2 Å². The number of nitrogens with zero attached hydrogens (tertiary/aromatic N) is 2. The summed E-state index contributed by atoms with van der Waals surface area (Å²) in [5.41, 5.74) is 4.14. The number of hydrogen-bond acceptors (Lipinski definition) is 4. The number of carbonyl (C=O) groups excluding carboxylic acids is 1. The first kappa shape index (κ1) is 19.8. The minimum absolute atomic E-state index is 0.0366. The number of benzene rings is 2. The Morgan fingerprint density at radius 2 is 1.68 bits per heavy atom. The summed E-state index contributed by atoms with van der Waals surface area (Å²) in [4.78, 5) is 12.6. The quantitative estimate of drug-likeness (QED) is 0.689. The molecule has 0 aliphatic heterocycles.